The first-order chi connectivity index (χ1) is 8.22. The highest BCUT2D eigenvalue weighted by atomic mass is 14.9. The molecule has 1 N–H and O–H groups in total. The number of allylic oxidation sites excluding steroid dienone is 2. The van der Waals surface area contributed by atoms with Gasteiger partial charge in [-0.3, -0.25) is 4.98 Å². The molecule has 1 saturated carbocycles. The molecule has 1 aromatic heterocycles. The number of hydrogen-bond acceptors (Lipinski definition) is 2. The molecule has 1 heterocycles. The van der Waals surface area contributed by atoms with Crippen LogP contribution in [0, 0.1) is 24.7 Å². The molecule has 1 fully saturated rings. The topological polar surface area (TPSA) is 24.9 Å². The summed E-state index contributed by atoms with van der Waals surface area (Å²) in [6, 6.07) is 4.73. The Balaban J connectivity index is 1.65. The van der Waals surface area contributed by atoms with Gasteiger partial charge >= 0.3 is 0 Å². The van der Waals surface area contributed by atoms with E-state index in [0.29, 0.717) is 6.04 Å². The van der Waals surface area contributed by atoms with Gasteiger partial charge in [0, 0.05) is 11.7 Å². The number of rotatable bonds is 3. The Bertz CT molecular complexity index is 421. The SMILES string of the molecule is Cc1ccc(NC(C)C2CC3C=CC2C3)cn1. The van der Waals surface area contributed by atoms with Crippen molar-refractivity contribution in [1.29, 1.82) is 0 Å². The van der Waals surface area contributed by atoms with E-state index in [2.05, 4.69) is 41.5 Å². The molecule has 1 aromatic rings. The number of nitrogens with one attached hydrogen (secondary N) is 1. The van der Waals surface area contributed by atoms with Gasteiger partial charge in [0.2, 0.25) is 0 Å². The largest absolute Gasteiger partial charge is 0.381 e. The van der Waals surface area contributed by atoms with Crippen molar-refractivity contribution in [3.8, 4) is 0 Å². The van der Waals surface area contributed by atoms with Crippen LogP contribution in [0.15, 0.2) is 30.5 Å². The average Bonchev–Trinajstić information content (AvgIpc) is 2.94. The molecule has 0 aromatic carbocycles. The van der Waals surface area contributed by atoms with Crippen molar-refractivity contribution in [3.05, 3.63) is 36.2 Å². The fraction of sp³-hybridized carbons (Fsp3) is 0.533. The Kier molecular flexibility index (Phi) is 2.65. The van der Waals surface area contributed by atoms with E-state index in [1.165, 1.54) is 12.8 Å². The second kappa shape index (κ2) is 4.17. The quantitative estimate of drug-likeness (QED) is 0.802. The zero-order valence-corrected chi connectivity index (χ0v) is 10.6. The van der Waals surface area contributed by atoms with Crippen LogP contribution in [-0.2, 0) is 0 Å². The molecule has 2 aliphatic rings. The van der Waals surface area contributed by atoms with Crippen molar-refractivity contribution in [3.63, 3.8) is 0 Å². The van der Waals surface area contributed by atoms with Gasteiger partial charge in [-0.2, -0.15) is 0 Å². The number of aryl methyl sites for hydroxylation is 1. The van der Waals surface area contributed by atoms with Crippen molar-refractivity contribution in [2.24, 2.45) is 17.8 Å². The molecule has 2 bridgehead atoms. The monoisotopic (exact) mass is 228 g/mol. The summed E-state index contributed by atoms with van der Waals surface area (Å²) in [5.41, 5.74) is 2.22. The standard InChI is InChI=1S/C15H20N2/c1-10-3-6-14(9-16-10)17-11(2)15-8-12-4-5-13(15)7-12/h3-6,9,11-13,15,17H,7-8H2,1-2H3. The van der Waals surface area contributed by atoms with Crippen molar-refractivity contribution in [1.82, 2.24) is 4.98 Å². The van der Waals surface area contributed by atoms with Gasteiger partial charge in [-0.15, -0.1) is 0 Å². The summed E-state index contributed by atoms with van der Waals surface area (Å²) in [7, 11) is 0. The second-order valence-electron chi connectivity index (χ2n) is 5.57. The number of anilines is 1. The first-order valence-corrected chi connectivity index (χ1v) is 6.60. The molecule has 0 radical (unpaired) electrons. The molecule has 2 aliphatic carbocycles. The van der Waals surface area contributed by atoms with E-state index in [-0.39, 0.29) is 0 Å². The Morgan fingerprint density at radius 1 is 1.29 bits per heavy atom. The minimum Gasteiger partial charge on any atom is -0.381 e. The van der Waals surface area contributed by atoms with Crippen molar-refractivity contribution in [2.75, 3.05) is 5.32 Å². The minimum atomic E-state index is 0.541. The van der Waals surface area contributed by atoms with E-state index in [4.69, 9.17) is 0 Å². The number of pyridine rings is 1. The zero-order chi connectivity index (χ0) is 11.8. The van der Waals surface area contributed by atoms with Crippen LogP contribution < -0.4 is 5.32 Å². The smallest absolute Gasteiger partial charge is 0.0529 e. The molecule has 2 nitrogen and oxygen atoms in total. The summed E-state index contributed by atoms with van der Waals surface area (Å²) in [6.07, 6.45) is 9.50. The third-order valence-corrected chi connectivity index (χ3v) is 4.28. The van der Waals surface area contributed by atoms with Crippen LogP contribution in [0.25, 0.3) is 0 Å². The highest BCUT2D eigenvalue weighted by molar-refractivity contribution is 5.42. The summed E-state index contributed by atoms with van der Waals surface area (Å²) in [5, 5.41) is 3.60. The minimum absolute atomic E-state index is 0.541. The molecular formula is C15H20N2. The highest BCUT2D eigenvalue weighted by Gasteiger charge is 2.38. The van der Waals surface area contributed by atoms with Gasteiger partial charge in [-0.1, -0.05) is 12.2 Å². The fourth-order valence-electron chi connectivity index (χ4n) is 3.32. The van der Waals surface area contributed by atoms with Crippen LogP contribution in [0.1, 0.15) is 25.5 Å². The summed E-state index contributed by atoms with van der Waals surface area (Å²) in [5.74, 6) is 2.46. The molecule has 0 amide bonds. The summed E-state index contributed by atoms with van der Waals surface area (Å²) < 4.78 is 0. The first kappa shape index (κ1) is 10.8. The van der Waals surface area contributed by atoms with Gasteiger partial charge in [0.1, 0.15) is 0 Å². The Hall–Kier alpha value is -1.31. The van der Waals surface area contributed by atoms with Crippen molar-refractivity contribution >= 4 is 5.69 Å². The van der Waals surface area contributed by atoms with Gasteiger partial charge in [-0.05, 0) is 56.6 Å². The lowest BCUT2D eigenvalue weighted by Gasteiger charge is -2.27. The molecule has 0 aliphatic heterocycles. The lowest BCUT2D eigenvalue weighted by molar-refractivity contribution is 0.400. The summed E-state index contributed by atoms with van der Waals surface area (Å²) in [6.45, 7) is 4.33. The van der Waals surface area contributed by atoms with Crippen LogP contribution in [0.2, 0.25) is 0 Å². The van der Waals surface area contributed by atoms with Crippen molar-refractivity contribution < 1.29 is 0 Å². The number of nitrogens with zero attached hydrogens (tertiary/aromatic N) is 1. The highest BCUT2D eigenvalue weighted by Crippen LogP contribution is 2.45. The third-order valence-electron chi connectivity index (χ3n) is 4.28. The normalized spacial score (nSPS) is 31.8. The van der Waals surface area contributed by atoms with E-state index in [0.717, 1.165) is 29.1 Å². The van der Waals surface area contributed by atoms with Crippen LogP contribution >= 0.6 is 0 Å². The molecular weight excluding hydrogens is 208 g/mol. The second-order valence-corrected chi connectivity index (χ2v) is 5.57. The maximum absolute atomic E-state index is 4.33. The maximum atomic E-state index is 4.33. The van der Waals surface area contributed by atoms with Crippen LogP contribution in [-0.4, -0.2) is 11.0 Å². The molecule has 2 heteroatoms. The van der Waals surface area contributed by atoms with Crippen LogP contribution in [0.5, 0.6) is 0 Å². The van der Waals surface area contributed by atoms with Gasteiger partial charge in [-0.25, -0.2) is 0 Å². The Labute approximate surface area is 103 Å². The average molecular weight is 228 g/mol. The molecule has 0 saturated heterocycles. The summed E-state index contributed by atoms with van der Waals surface area (Å²) >= 11 is 0. The van der Waals surface area contributed by atoms with Crippen LogP contribution in [0.4, 0.5) is 5.69 Å². The van der Waals surface area contributed by atoms with Crippen molar-refractivity contribution in [2.45, 2.75) is 32.7 Å². The molecule has 4 atom stereocenters. The molecule has 3 rings (SSSR count). The molecule has 0 spiro atoms. The maximum Gasteiger partial charge on any atom is 0.0529 e. The van der Waals surface area contributed by atoms with E-state index >= 15 is 0 Å². The zero-order valence-electron chi connectivity index (χ0n) is 10.6. The number of aromatic nitrogens is 1. The van der Waals surface area contributed by atoms with E-state index in [1.54, 1.807) is 0 Å². The molecule has 4 unspecified atom stereocenters. The number of hydrogen-bond donors (Lipinski definition) is 1. The third kappa shape index (κ3) is 2.08. The van der Waals surface area contributed by atoms with E-state index in [9.17, 15) is 0 Å². The van der Waals surface area contributed by atoms with Gasteiger partial charge in [0.05, 0.1) is 11.9 Å². The lowest BCUT2D eigenvalue weighted by atomic mass is 9.87. The molecule has 17 heavy (non-hydrogen) atoms. The Morgan fingerprint density at radius 2 is 2.18 bits per heavy atom. The lowest BCUT2D eigenvalue weighted by Crippen LogP contribution is -2.28. The van der Waals surface area contributed by atoms with E-state index < -0.39 is 0 Å². The Morgan fingerprint density at radius 3 is 2.76 bits per heavy atom. The summed E-state index contributed by atoms with van der Waals surface area (Å²) in [4.78, 5) is 4.33. The van der Waals surface area contributed by atoms with Crippen LogP contribution in [0.3, 0.4) is 0 Å². The van der Waals surface area contributed by atoms with Gasteiger partial charge in [0.25, 0.3) is 0 Å². The fourth-order valence-corrected chi connectivity index (χ4v) is 3.32. The predicted molar refractivity (Wildman–Crippen MR) is 70.9 cm³/mol. The van der Waals surface area contributed by atoms with Gasteiger partial charge in [0.15, 0.2) is 0 Å². The predicted octanol–water partition coefficient (Wildman–Crippen LogP) is 3.40. The molecule has 90 valence electrons. The number of fused-ring (bicyclic) bond motifs is 2. The van der Waals surface area contributed by atoms with Gasteiger partial charge < -0.3 is 5.32 Å². The van der Waals surface area contributed by atoms with E-state index in [1.807, 2.05) is 13.1 Å². The first-order valence-electron chi connectivity index (χ1n) is 6.60.